The van der Waals surface area contributed by atoms with Crippen molar-refractivity contribution in [2.24, 2.45) is 0 Å². The highest BCUT2D eigenvalue weighted by Crippen LogP contribution is 2.36. The predicted octanol–water partition coefficient (Wildman–Crippen LogP) is 3.99. The number of halogens is 2. The molecule has 0 fully saturated rings. The maximum atomic E-state index is 13.8. The zero-order valence-electron chi connectivity index (χ0n) is 9.40. The van der Waals surface area contributed by atoms with Gasteiger partial charge in [-0.2, -0.15) is 0 Å². The first-order chi connectivity index (χ1) is 8.74. The molecule has 1 atom stereocenters. The Morgan fingerprint density at radius 3 is 2.67 bits per heavy atom. The lowest BCUT2D eigenvalue weighted by atomic mass is 10.1. The van der Waals surface area contributed by atoms with E-state index < -0.39 is 6.10 Å². The van der Waals surface area contributed by atoms with Gasteiger partial charge in [0.1, 0.15) is 12.4 Å². The second-order valence-electron chi connectivity index (χ2n) is 4.03. The molecule has 0 unspecified atom stereocenters. The maximum absolute atomic E-state index is 13.8. The summed E-state index contributed by atoms with van der Waals surface area (Å²) in [6.07, 6.45) is -0.447. The van der Waals surface area contributed by atoms with E-state index in [9.17, 15) is 4.39 Å². The Morgan fingerprint density at radius 1 is 1.11 bits per heavy atom. The first kappa shape index (κ1) is 11.4. The first-order valence-electron chi connectivity index (χ1n) is 5.57. The molecule has 0 spiro atoms. The lowest BCUT2D eigenvalue weighted by molar-refractivity contribution is 0.0886. The third kappa shape index (κ3) is 2.02. The Hall–Kier alpha value is -1.74. The molecular formula is C14H10ClFO2. The molecule has 0 saturated heterocycles. The minimum absolute atomic E-state index is 0.287. The van der Waals surface area contributed by atoms with Gasteiger partial charge in [-0.1, -0.05) is 29.8 Å². The summed E-state index contributed by atoms with van der Waals surface area (Å²) in [6, 6.07) is 11.9. The van der Waals surface area contributed by atoms with Crippen LogP contribution in [0.15, 0.2) is 42.5 Å². The third-order valence-corrected chi connectivity index (χ3v) is 3.05. The van der Waals surface area contributed by atoms with Crippen molar-refractivity contribution in [3.8, 4) is 11.5 Å². The van der Waals surface area contributed by atoms with E-state index >= 15 is 0 Å². The molecule has 0 N–H and O–H groups in total. The van der Waals surface area contributed by atoms with E-state index in [0.717, 1.165) is 0 Å². The van der Waals surface area contributed by atoms with E-state index in [-0.39, 0.29) is 12.4 Å². The molecule has 2 nitrogen and oxygen atoms in total. The summed E-state index contributed by atoms with van der Waals surface area (Å²) in [5.41, 5.74) is 0.453. The van der Waals surface area contributed by atoms with E-state index in [1.165, 1.54) is 6.07 Å². The largest absolute Gasteiger partial charge is 0.485 e. The van der Waals surface area contributed by atoms with Crippen molar-refractivity contribution >= 4 is 11.6 Å². The van der Waals surface area contributed by atoms with Crippen LogP contribution < -0.4 is 9.47 Å². The van der Waals surface area contributed by atoms with Crippen molar-refractivity contribution < 1.29 is 13.9 Å². The van der Waals surface area contributed by atoms with Crippen molar-refractivity contribution in [1.29, 1.82) is 0 Å². The van der Waals surface area contributed by atoms with Crippen LogP contribution >= 0.6 is 11.6 Å². The Morgan fingerprint density at radius 2 is 1.89 bits per heavy atom. The molecule has 0 radical (unpaired) electrons. The van der Waals surface area contributed by atoms with Crippen molar-refractivity contribution in [3.63, 3.8) is 0 Å². The molecule has 18 heavy (non-hydrogen) atoms. The summed E-state index contributed by atoms with van der Waals surface area (Å²) in [4.78, 5) is 0. The van der Waals surface area contributed by atoms with Crippen LogP contribution in [0.5, 0.6) is 11.5 Å². The van der Waals surface area contributed by atoms with Crippen LogP contribution in [-0.2, 0) is 0 Å². The zero-order valence-corrected chi connectivity index (χ0v) is 10.2. The lowest BCUT2D eigenvalue weighted by Crippen LogP contribution is -2.22. The molecule has 0 aliphatic carbocycles. The van der Waals surface area contributed by atoms with E-state index in [2.05, 4.69) is 0 Å². The van der Waals surface area contributed by atoms with Crippen LogP contribution in [-0.4, -0.2) is 6.61 Å². The highest BCUT2D eigenvalue weighted by atomic mass is 35.5. The molecule has 3 rings (SSSR count). The highest BCUT2D eigenvalue weighted by molar-refractivity contribution is 6.30. The van der Waals surface area contributed by atoms with Gasteiger partial charge in [0, 0.05) is 10.6 Å². The standard InChI is InChI=1S/C14H10ClFO2/c15-9-5-6-10(11(16)7-9)14-8-17-12-3-1-2-4-13(12)18-14/h1-7,14H,8H2/t14-/m1/s1. The second kappa shape index (κ2) is 4.50. The summed E-state index contributed by atoms with van der Waals surface area (Å²) in [7, 11) is 0. The number of hydrogen-bond donors (Lipinski definition) is 0. The number of para-hydroxylation sites is 2. The molecule has 92 valence electrons. The van der Waals surface area contributed by atoms with E-state index in [1.54, 1.807) is 18.2 Å². The van der Waals surface area contributed by atoms with E-state index in [1.807, 2.05) is 18.2 Å². The Balaban J connectivity index is 1.92. The molecule has 1 aliphatic heterocycles. The van der Waals surface area contributed by atoms with Crippen molar-refractivity contribution in [1.82, 2.24) is 0 Å². The number of benzene rings is 2. The number of fused-ring (bicyclic) bond motifs is 1. The fourth-order valence-corrected chi connectivity index (χ4v) is 2.09. The SMILES string of the molecule is Fc1cc(Cl)ccc1[C@H]1COc2ccccc2O1. The molecular weight excluding hydrogens is 255 g/mol. The van der Waals surface area contributed by atoms with Crippen LogP contribution in [0, 0.1) is 5.82 Å². The lowest BCUT2D eigenvalue weighted by Gasteiger charge is -2.26. The molecule has 4 heteroatoms. The van der Waals surface area contributed by atoms with Crippen molar-refractivity contribution in [3.05, 3.63) is 58.9 Å². The molecule has 2 aromatic carbocycles. The second-order valence-corrected chi connectivity index (χ2v) is 4.47. The van der Waals surface area contributed by atoms with Gasteiger partial charge in [-0.25, -0.2) is 4.39 Å². The van der Waals surface area contributed by atoms with Crippen molar-refractivity contribution in [2.45, 2.75) is 6.10 Å². The van der Waals surface area contributed by atoms with E-state index in [0.29, 0.717) is 22.1 Å². The van der Waals surface area contributed by atoms with Gasteiger partial charge in [-0.15, -0.1) is 0 Å². The van der Waals surface area contributed by atoms with Crippen LogP contribution in [0.4, 0.5) is 4.39 Å². The molecule has 0 saturated carbocycles. The summed E-state index contributed by atoms with van der Waals surface area (Å²) in [5.74, 6) is 0.932. The topological polar surface area (TPSA) is 18.5 Å². The number of ether oxygens (including phenoxy) is 2. The van der Waals surface area contributed by atoms with Crippen LogP contribution in [0.3, 0.4) is 0 Å². The smallest absolute Gasteiger partial charge is 0.162 e. The monoisotopic (exact) mass is 264 g/mol. The molecule has 0 bridgehead atoms. The Labute approximate surface area is 109 Å². The maximum Gasteiger partial charge on any atom is 0.162 e. The fraction of sp³-hybridized carbons (Fsp3) is 0.143. The molecule has 2 aromatic rings. The van der Waals surface area contributed by atoms with Gasteiger partial charge in [-0.3, -0.25) is 0 Å². The van der Waals surface area contributed by atoms with Gasteiger partial charge in [-0.05, 0) is 24.3 Å². The van der Waals surface area contributed by atoms with Gasteiger partial charge < -0.3 is 9.47 Å². The average molecular weight is 265 g/mol. The van der Waals surface area contributed by atoms with Crippen LogP contribution in [0.25, 0.3) is 0 Å². The minimum atomic E-state index is -0.447. The van der Waals surface area contributed by atoms with Crippen molar-refractivity contribution in [2.75, 3.05) is 6.61 Å². The van der Waals surface area contributed by atoms with E-state index in [4.69, 9.17) is 21.1 Å². The minimum Gasteiger partial charge on any atom is -0.485 e. The summed E-state index contributed by atoms with van der Waals surface area (Å²) >= 11 is 5.72. The van der Waals surface area contributed by atoms with Crippen LogP contribution in [0.1, 0.15) is 11.7 Å². The quantitative estimate of drug-likeness (QED) is 0.775. The molecule has 0 amide bonds. The number of hydrogen-bond acceptors (Lipinski definition) is 2. The predicted molar refractivity (Wildman–Crippen MR) is 66.7 cm³/mol. The zero-order chi connectivity index (χ0) is 12.5. The Kier molecular flexibility index (Phi) is 2.84. The molecule has 1 heterocycles. The molecule has 0 aromatic heterocycles. The van der Waals surface area contributed by atoms with Gasteiger partial charge in [0.15, 0.2) is 17.6 Å². The summed E-state index contributed by atoms with van der Waals surface area (Å²) in [6.45, 7) is 0.287. The van der Waals surface area contributed by atoms with Gasteiger partial charge in [0.25, 0.3) is 0 Å². The van der Waals surface area contributed by atoms with Gasteiger partial charge in [0.2, 0.25) is 0 Å². The molecule has 1 aliphatic rings. The van der Waals surface area contributed by atoms with Crippen LogP contribution in [0.2, 0.25) is 5.02 Å². The summed E-state index contributed by atoms with van der Waals surface area (Å²) < 4.78 is 25.1. The highest BCUT2D eigenvalue weighted by Gasteiger charge is 2.24. The fourth-order valence-electron chi connectivity index (χ4n) is 1.94. The van der Waals surface area contributed by atoms with Gasteiger partial charge in [0.05, 0.1) is 0 Å². The first-order valence-corrected chi connectivity index (χ1v) is 5.95. The third-order valence-electron chi connectivity index (χ3n) is 2.82. The van der Waals surface area contributed by atoms with Gasteiger partial charge >= 0.3 is 0 Å². The summed E-state index contributed by atoms with van der Waals surface area (Å²) in [5, 5.41) is 0.369. The number of rotatable bonds is 1. The normalized spacial score (nSPS) is 17.6. The average Bonchev–Trinajstić information content (AvgIpc) is 2.38. The Bertz CT molecular complexity index is 586.